The second kappa shape index (κ2) is 8.44. The maximum Gasteiger partial charge on any atom is 0.135 e. The molecule has 0 atom stereocenters. The van der Waals surface area contributed by atoms with Crippen molar-refractivity contribution in [2.75, 3.05) is 0 Å². The Bertz CT molecular complexity index is 335. The number of rotatable bonds is 6. The first kappa shape index (κ1) is 25.8. The molecule has 0 nitrogen and oxygen atoms in total. The van der Waals surface area contributed by atoms with Crippen LogP contribution < -0.4 is 0 Å². The molecular weight excluding hydrogens is 931 g/mol. The fraction of sp³-hybridized carbons (Fsp3) is 1.00. The molecule has 0 aromatic rings. The van der Waals surface area contributed by atoms with Crippen LogP contribution >= 0.6 is 159 Å². The summed E-state index contributed by atoms with van der Waals surface area (Å²) in [6.07, 6.45) is 0. The first-order valence-electron chi connectivity index (χ1n) is 5.78. The maximum absolute atomic E-state index is 3.84. The highest BCUT2D eigenvalue weighted by Gasteiger charge is 2.70. The molecule has 0 rings (SSSR count). The predicted molar refractivity (Wildman–Crippen MR) is 133 cm³/mol. The van der Waals surface area contributed by atoms with Gasteiger partial charge in [0.15, 0.2) is 0 Å². The van der Waals surface area contributed by atoms with E-state index in [1.807, 2.05) is 0 Å². The van der Waals surface area contributed by atoms with Crippen molar-refractivity contribution in [1.29, 1.82) is 0 Å². The van der Waals surface area contributed by atoms with Crippen LogP contribution in [-0.4, -0.2) is 16.2 Å². The van der Waals surface area contributed by atoms with Crippen molar-refractivity contribution < 1.29 is 0 Å². The molecule has 0 bridgehead atoms. The third-order valence-electron chi connectivity index (χ3n) is 3.08. The highest BCUT2D eigenvalue weighted by atomic mass is 79.9. The summed E-state index contributed by atoms with van der Waals surface area (Å²) in [4.78, 5) is 0. The Labute approximate surface area is 211 Å². The van der Waals surface area contributed by atoms with Crippen molar-refractivity contribution in [2.45, 2.75) is 43.9 Å². The first-order valence-corrected chi connectivity index (χ1v) is 13.7. The van der Waals surface area contributed by atoms with E-state index in [2.05, 4.69) is 187 Å². The van der Waals surface area contributed by atoms with Crippen LogP contribution in [0.25, 0.3) is 0 Å². The zero-order valence-electron chi connectivity index (χ0n) is 11.4. The fourth-order valence-electron chi connectivity index (χ4n) is 1.34. The number of hydrogen-bond acceptors (Lipinski definition) is 0. The lowest BCUT2D eigenvalue weighted by atomic mass is 9.99. The summed E-state index contributed by atoms with van der Waals surface area (Å²) in [6.45, 7) is 8.50. The van der Waals surface area contributed by atoms with Crippen molar-refractivity contribution in [3.05, 3.63) is 0 Å². The van der Waals surface area contributed by atoms with E-state index in [-0.39, 0.29) is 11.8 Å². The average molecular weight is 945 g/mol. The summed E-state index contributed by atoms with van der Waals surface area (Å²) in [5.74, 6) is 0.557. The van der Waals surface area contributed by atoms with Gasteiger partial charge in [0.2, 0.25) is 0 Å². The molecule has 0 aliphatic heterocycles. The van der Waals surface area contributed by atoms with Gasteiger partial charge in [-0.3, -0.25) is 0 Å². The van der Waals surface area contributed by atoms with Gasteiger partial charge in [0.25, 0.3) is 0 Å². The van der Waals surface area contributed by atoms with E-state index in [9.17, 15) is 0 Å². The van der Waals surface area contributed by atoms with E-state index < -0.39 is 16.2 Å². The summed E-state index contributed by atoms with van der Waals surface area (Å²) in [6, 6.07) is 0. The Morgan fingerprint density at radius 1 is 0.429 bits per heavy atom. The molecule has 0 aliphatic carbocycles. The minimum absolute atomic E-state index is 0.278. The standard InChI is InChI=1S/C11H14Br10/c1-5(2)7(12,13)9(16,17)11(20,21)10(18,19)8(14,15)6(3)4/h5-6H,1-4H3. The number of halogens is 10. The van der Waals surface area contributed by atoms with Gasteiger partial charge in [-0.05, 0) is 11.8 Å². The molecule has 0 saturated heterocycles. The third kappa shape index (κ3) is 4.62. The van der Waals surface area contributed by atoms with Crippen LogP contribution in [-0.2, 0) is 0 Å². The zero-order valence-corrected chi connectivity index (χ0v) is 27.3. The van der Waals surface area contributed by atoms with Gasteiger partial charge in [-0.2, -0.15) is 0 Å². The van der Waals surface area contributed by atoms with Gasteiger partial charge in [0.05, 0.1) is 0 Å². The average Bonchev–Trinajstić information content (AvgIpc) is 2.27. The van der Waals surface area contributed by atoms with Crippen LogP contribution in [0.15, 0.2) is 0 Å². The molecular formula is C11H14Br10. The van der Waals surface area contributed by atoms with Crippen molar-refractivity contribution in [2.24, 2.45) is 11.8 Å². The Hall–Kier alpha value is 4.80. The molecule has 0 aliphatic rings. The van der Waals surface area contributed by atoms with Gasteiger partial charge in [0.1, 0.15) is 16.2 Å². The minimum atomic E-state index is -0.672. The van der Waals surface area contributed by atoms with Gasteiger partial charge in [-0.1, -0.05) is 187 Å². The molecule has 21 heavy (non-hydrogen) atoms. The quantitative estimate of drug-likeness (QED) is 0.233. The highest BCUT2D eigenvalue weighted by Crippen LogP contribution is 2.72. The Morgan fingerprint density at radius 3 is 0.762 bits per heavy atom. The molecule has 0 fully saturated rings. The van der Waals surface area contributed by atoms with Crippen LogP contribution in [0.5, 0.6) is 0 Å². The molecule has 0 heterocycles. The zero-order chi connectivity index (χ0) is 17.7. The van der Waals surface area contributed by atoms with Gasteiger partial charge in [0, 0.05) is 0 Å². The van der Waals surface area contributed by atoms with Crippen LogP contribution in [0, 0.1) is 11.8 Å². The minimum Gasteiger partial charge on any atom is -0.0698 e. The van der Waals surface area contributed by atoms with Gasteiger partial charge >= 0.3 is 0 Å². The Kier molecular flexibility index (Phi) is 10.4. The fourth-order valence-corrected chi connectivity index (χ4v) is 9.99. The number of hydrogen-bond donors (Lipinski definition) is 0. The van der Waals surface area contributed by atoms with E-state index in [0.29, 0.717) is 0 Å². The molecule has 0 aromatic carbocycles. The molecule has 0 N–H and O–H groups in total. The van der Waals surface area contributed by atoms with Gasteiger partial charge < -0.3 is 0 Å². The normalized spacial score (nSPS) is 16.0. The Morgan fingerprint density at radius 2 is 0.619 bits per heavy atom. The smallest absolute Gasteiger partial charge is 0.0698 e. The van der Waals surface area contributed by atoms with Crippen LogP contribution in [0.3, 0.4) is 0 Å². The van der Waals surface area contributed by atoms with E-state index in [1.54, 1.807) is 0 Å². The van der Waals surface area contributed by atoms with Gasteiger partial charge in [-0.25, -0.2) is 0 Å². The SMILES string of the molecule is CC(C)C(Br)(Br)C(Br)(Br)C(Br)(Br)C(Br)(Br)C(Br)(Br)C(C)C. The second-order valence-corrected chi connectivity index (χ2v) is 22.7. The van der Waals surface area contributed by atoms with E-state index in [0.717, 1.165) is 0 Å². The summed E-state index contributed by atoms with van der Waals surface area (Å²) in [5, 5.41) is 0. The second-order valence-electron chi connectivity index (χ2n) is 5.28. The monoisotopic (exact) mass is 935 g/mol. The molecule has 0 amide bonds. The third-order valence-corrected chi connectivity index (χ3v) is 24.9. The lowest BCUT2D eigenvalue weighted by Gasteiger charge is -2.54. The molecule has 128 valence electrons. The Balaban J connectivity index is 6.09. The summed E-state index contributed by atoms with van der Waals surface area (Å²) in [5.41, 5.74) is 0. The van der Waals surface area contributed by atoms with Crippen molar-refractivity contribution in [1.82, 2.24) is 0 Å². The summed E-state index contributed by atoms with van der Waals surface area (Å²) >= 11 is 38.2. The number of alkyl halides is 10. The van der Waals surface area contributed by atoms with Gasteiger partial charge in [-0.15, -0.1) is 0 Å². The highest BCUT2D eigenvalue weighted by molar-refractivity contribution is 9.35. The molecule has 0 unspecified atom stereocenters. The molecule has 10 heteroatoms. The van der Waals surface area contributed by atoms with E-state index >= 15 is 0 Å². The molecule has 0 aromatic heterocycles. The summed E-state index contributed by atoms with van der Waals surface area (Å²) in [7, 11) is 0. The molecule has 0 spiro atoms. The lowest BCUT2D eigenvalue weighted by molar-refractivity contribution is 0.481. The van der Waals surface area contributed by atoms with Crippen LogP contribution in [0.4, 0.5) is 0 Å². The largest absolute Gasteiger partial charge is 0.135 e. The topological polar surface area (TPSA) is 0 Å². The van der Waals surface area contributed by atoms with Crippen molar-refractivity contribution >= 4 is 159 Å². The molecule has 0 radical (unpaired) electrons. The lowest BCUT2D eigenvalue weighted by Crippen LogP contribution is -2.62. The maximum atomic E-state index is 3.84. The van der Waals surface area contributed by atoms with Crippen molar-refractivity contribution in [3.8, 4) is 0 Å². The first-order chi connectivity index (χ1) is 8.89. The van der Waals surface area contributed by atoms with Crippen LogP contribution in [0.1, 0.15) is 27.7 Å². The van der Waals surface area contributed by atoms with Crippen molar-refractivity contribution in [3.63, 3.8) is 0 Å². The predicted octanol–water partition coefficient (Wildman–Crippen LogP) is 9.73. The van der Waals surface area contributed by atoms with E-state index in [1.165, 1.54) is 0 Å². The van der Waals surface area contributed by atoms with Crippen LogP contribution in [0.2, 0.25) is 0 Å². The van der Waals surface area contributed by atoms with E-state index in [4.69, 9.17) is 0 Å². The molecule has 0 saturated carbocycles. The summed E-state index contributed by atoms with van der Waals surface area (Å²) < 4.78 is -2.81.